The Morgan fingerprint density at radius 1 is 0.516 bits per heavy atom. The molecule has 3 unspecified atom stereocenters. The van der Waals surface area contributed by atoms with E-state index in [1.54, 1.807) is 0 Å². The van der Waals surface area contributed by atoms with Crippen molar-refractivity contribution in [1.82, 2.24) is 5.32 Å². The van der Waals surface area contributed by atoms with Crippen molar-refractivity contribution >= 4 is 25.7 Å². The van der Waals surface area contributed by atoms with Gasteiger partial charge in [-0.15, -0.1) is 0 Å². The van der Waals surface area contributed by atoms with E-state index >= 15 is 0 Å². The molecule has 64 heavy (non-hydrogen) atoms. The number of hydrogen-bond donors (Lipinski definition) is 4. The summed E-state index contributed by atoms with van der Waals surface area (Å²) in [6.07, 6.45) is 59.7. The predicted molar refractivity (Wildman–Crippen MR) is 263 cm³/mol. The highest BCUT2D eigenvalue weighted by molar-refractivity contribution is 7.47. The molecule has 0 spiro atoms. The molecule has 0 heterocycles. The van der Waals surface area contributed by atoms with Gasteiger partial charge in [-0.05, 0) is 96.3 Å². The molecule has 11 nitrogen and oxygen atoms in total. The molecule has 0 aromatic heterocycles. The molecule has 0 aliphatic heterocycles. The standard InChI is InChI=1S/C52H84NO10P/c1-3-5-7-9-11-13-15-17-19-21-22-23-24-25-26-28-29-31-33-35-37-39-41-43-50(55)53-49(52(57)58)47-63-64(59,60)62-46-48(54)45-61-51(56)44-42-40-38-36-34-32-30-27-20-18-16-14-12-10-8-6-4-2/h5,7,11-14,17-20,22-23,25-26,30,32,36,38,48-49,54H,3-4,6,8-10,15-16,21,24,27-29,31,33-35,37,39-47H2,1-2H3,(H,53,55)(H,57,58)(H,59,60)/b7-5-,13-11-,14-12-,19-17-,20-18-,23-22-,26-25-,32-30-,38-36-. The number of phosphoric acid groups is 1. The number of aliphatic hydroxyl groups is 1. The predicted octanol–water partition coefficient (Wildman–Crippen LogP) is 13.0. The maximum Gasteiger partial charge on any atom is 0.472 e. The summed E-state index contributed by atoms with van der Waals surface area (Å²) in [7, 11) is -4.78. The normalized spacial score (nSPS) is 14.6. The number of carbonyl (C=O) groups excluding carboxylic acids is 2. The minimum atomic E-state index is -4.78. The van der Waals surface area contributed by atoms with Crippen molar-refractivity contribution in [3.05, 3.63) is 109 Å². The molecule has 362 valence electrons. The number of amides is 1. The first kappa shape index (κ1) is 60.1. The Kier molecular flexibility index (Phi) is 42.9. The minimum Gasteiger partial charge on any atom is -0.480 e. The van der Waals surface area contributed by atoms with E-state index < -0.39 is 57.6 Å². The molecule has 0 saturated carbocycles. The van der Waals surface area contributed by atoms with Crippen molar-refractivity contribution in [1.29, 1.82) is 0 Å². The number of carboxylic acid groups (broad SMARTS) is 1. The smallest absolute Gasteiger partial charge is 0.472 e. The van der Waals surface area contributed by atoms with Crippen LogP contribution in [0.5, 0.6) is 0 Å². The van der Waals surface area contributed by atoms with E-state index in [2.05, 4.69) is 116 Å². The summed E-state index contributed by atoms with van der Waals surface area (Å²) in [4.78, 5) is 46.0. The van der Waals surface area contributed by atoms with Crippen LogP contribution >= 0.6 is 7.82 Å². The number of esters is 1. The number of carboxylic acids is 1. The monoisotopic (exact) mass is 914 g/mol. The van der Waals surface area contributed by atoms with Crippen LogP contribution in [-0.4, -0.2) is 64.9 Å². The number of ether oxygens (including phenoxy) is 1. The fourth-order valence-corrected chi connectivity index (χ4v) is 6.63. The topological polar surface area (TPSA) is 169 Å². The van der Waals surface area contributed by atoms with Crippen LogP contribution in [0.1, 0.15) is 168 Å². The zero-order valence-electron chi connectivity index (χ0n) is 39.3. The summed E-state index contributed by atoms with van der Waals surface area (Å²) >= 11 is 0. The van der Waals surface area contributed by atoms with Gasteiger partial charge < -0.3 is 25.2 Å². The number of rotatable bonds is 43. The zero-order chi connectivity index (χ0) is 47.0. The van der Waals surface area contributed by atoms with Crippen LogP contribution in [0.4, 0.5) is 0 Å². The van der Waals surface area contributed by atoms with Gasteiger partial charge in [-0.1, -0.05) is 168 Å². The number of unbranched alkanes of at least 4 members (excludes halogenated alkanes) is 11. The summed E-state index contributed by atoms with van der Waals surface area (Å²) in [6.45, 7) is 2.38. The van der Waals surface area contributed by atoms with Crippen LogP contribution in [0.25, 0.3) is 0 Å². The molecule has 0 aliphatic rings. The molecule has 12 heteroatoms. The van der Waals surface area contributed by atoms with Crippen molar-refractivity contribution in [2.45, 2.75) is 180 Å². The van der Waals surface area contributed by atoms with Crippen LogP contribution in [0, 0.1) is 0 Å². The summed E-state index contributed by atoms with van der Waals surface area (Å²) < 4.78 is 26.8. The molecule has 1 amide bonds. The average molecular weight is 914 g/mol. The number of carbonyl (C=O) groups is 3. The molecule has 0 aromatic rings. The summed E-state index contributed by atoms with van der Waals surface area (Å²) in [5.41, 5.74) is 0. The fraction of sp³-hybridized carbons (Fsp3) is 0.596. The number of aliphatic carboxylic acids is 1. The Labute approximate surface area is 386 Å². The lowest BCUT2D eigenvalue weighted by Gasteiger charge is -2.18. The summed E-state index contributed by atoms with van der Waals surface area (Å²) in [6, 6.07) is -1.57. The lowest BCUT2D eigenvalue weighted by Crippen LogP contribution is -2.43. The molecule has 0 fully saturated rings. The maximum atomic E-state index is 12.4. The van der Waals surface area contributed by atoms with Gasteiger partial charge in [0.05, 0.1) is 13.2 Å². The van der Waals surface area contributed by atoms with E-state index in [0.717, 1.165) is 103 Å². The molecule has 0 saturated heterocycles. The van der Waals surface area contributed by atoms with Gasteiger partial charge in [0.15, 0.2) is 6.04 Å². The largest absolute Gasteiger partial charge is 0.480 e. The second-order valence-electron chi connectivity index (χ2n) is 15.6. The quantitative estimate of drug-likeness (QED) is 0.0200. The van der Waals surface area contributed by atoms with Crippen molar-refractivity contribution < 1.29 is 47.8 Å². The van der Waals surface area contributed by atoms with Gasteiger partial charge in [-0.25, -0.2) is 9.36 Å². The molecule has 0 aromatic carbocycles. The zero-order valence-corrected chi connectivity index (χ0v) is 40.2. The van der Waals surface area contributed by atoms with Gasteiger partial charge in [0, 0.05) is 12.8 Å². The van der Waals surface area contributed by atoms with Gasteiger partial charge in [-0.3, -0.25) is 18.6 Å². The van der Waals surface area contributed by atoms with E-state index in [1.807, 2.05) is 12.2 Å². The van der Waals surface area contributed by atoms with Gasteiger partial charge in [0.2, 0.25) is 5.91 Å². The maximum absolute atomic E-state index is 12.4. The Balaban J connectivity index is 3.98. The Bertz CT molecular complexity index is 1490. The number of nitrogens with one attached hydrogen (secondary N) is 1. The summed E-state index contributed by atoms with van der Waals surface area (Å²) in [5.74, 6) is -2.46. The molecular formula is C52H84NO10P. The van der Waals surface area contributed by atoms with Crippen molar-refractivity contribution in [2.24, 2.45) is 0 Å². The number of allylic oxidation sites excluding steroid dienone is 18. The third kappa shape index (κ3) is 44.7. The van der Waals surface area contributed by atoms with E-state index in [-0.39, 0.29) is 12.8 Å². The highest BCUT2D eigenvalue weighted by atomic mass is 31.2. The van der Waals surface area contributed by atoms with E-state index in [1.165, 1.54) is 19.3 Å². The molecule has 0 bridgehead atoms. The third-order valence-electron chi connectivity index (χ3n) is 9.55. The lowest BCUT2D eigenvalue weighted by atomic mass is 10.1. The van der Waals surface area contributed by atoms with Crippen LogP contribution in [-0.2, 0) is 32.7 Å². The first-order valence-corrected chi connectivity index (χ1v) is 25.4. The summed E-state index contributed by atoms with van der Waals surface area (Å²) in [5, 5.41) is 21.9. The molecule has 4 N–H and O–H groups in total. The van der Waals surface area contributed by atoms with Gasteiger partial charge in [0.1, 0.15) is 12.7 Å². The van der Waals surface area contributed by atoms with Gasteiger partial charge in [0.25, 0.3) is 0 Å². The van der Waals surface area contributed by atoms with Crippen molar-refractivity contribution in [3.8, 4) is 0 Å². The first-order chi connectivity index (χ1) is 31.1. The van der Waals surface area contributed by atoms with Crippen LogP contribution in [0.2, 0.25) is 0 Å². The van der Waals surface area contributed by atoms with Crippen LogP contribution in [0.15, 0.2) is 109 Å². The SMILES string of the molecule is CC/C=C\C/C=C\C/C=C\C/C=C\C/C=C\CCCCCCCCCC(=O)NC(COP(=O)(O)OCC(O)COC(=O)CCC/C=C\C/C=C\C/C=C\C/C=C\CCCCC)C(=O)O. The Morgan fingerprint density at radius 2 is 0.922 bits per heavy atom. The van der Waals surface area contributed by atoms with E-state index in [9.17, 15) is 34.1 Å². The third-order valence-corrected chi connectivity index (χ3v) is 10.5. The van der Waals surface area contributed by atoms with Crippen LogP contribution < -0.4 is 5.32 Å². The molecular weight excluding hydrogens is 830 g/mol. The van der Waals surface area contributed by atoms with E-state index in [4.69, 9.17) is 13.8 Å². The molecule has 0 rings (SSSR count). The van der Waals surface area contributed by atoms with Crippen molar-refractivity contribution in [3.63, 3.8) is 0 Å². The molecule has 3 atom stereocenters. The number of aliphatic hydroxyl groups excluding tert-OH is 1. The minimum absolute atomic E-state index is 0.122. The van der Waals surface area contributed by atoms with Gasteiger partial charge >= 0.3 is 19.8 Å². The highest BCUT2D eigenvalue weighted by Crippen LogP contribution is 2.43. The van der Waals surface area contributed by atoms with Gasteiger partial charge in [-0.2, -0.15) is 0 Å². The number of phosphoric ester groups is 1. The number of hydrogen-bond acceptors (Lipinski definition) is 8. The average Bonchev–Trinajstić information content (AvgIpc) is 3.27. The second kappa shape index (κ2) is 45.7. The molecule has 0 radical (unpaired) electrons. The Morgan fingerprint density at radius 3 is 1.39 bits per heavy atom. The second-order valence-corrected chi connectivity index (χ2v) is 17.0. The first-order valence-electron chi connectivity index (χ1n) is 23.9. The highest BCUT2D eigenvalue weighted by Gasteiger charge is 2.28. The fourth-order valence-electron chi connectivity index (χ4n) is 5.86. The Hall–Kier alpha value is -3.86. The lowest BCUT2D eigenvalue weighted by molar-refractivity contribution is -0.147. The molecule has 0 aliphatic carbocycles. The van der Waals surface area contributed by atoms with E-state index in [0.29, 0.717) is 19.3 Å². The van der Waals surface area contributed by atoms with Crippen LogP contribution in [0.3, 0.4) is 0 Å². The van der Waals surface area contributed by atoms with Crippen molar-refractivity contribution in [2.75, 3.05) is 19.8 Å².